The van der Waals surface area contributed by atoms with Crippen molar-refractivity contribution in [2.45, 2.75) is 40.2 Å². The third-order valence-corrected chi connectivity index (χ3v) is 3.88. The van der Waals surface area contributed by atoms with E-state index in [0.717, 1.165) is 17.7 Å². The van der Waals surface area contributed by atoms with E-state index in [4.69, 9.17) is 5.21 Å². The summed E-state index contributed by atoms with van der Waals surface area (Å²) in [6, 6.07) is 4.29. The molecule has 0 aliphatic carbocycles. The second-order valence-corrected chi connectivity index (χ2v) is 5.70. The van der Waals surface area contributed by atoms with Crippen LogP contribution in [0.2, 0.25) is 0 Å². The molecular weight excluding hydrogens is 236 g/mol. The monoisotopic (exact) mass is 258 g/mol. The summed E-state index contributed by atoms with van der Waals surface area (Å²) in [5.74, 6) is 0. The van der Waals surface area contributed by atoms with E-state index in [1.165, 1.54) is 23.0 Å². The van der Waals surface area contributed by atoms with Gasteiger partial charge in [-0.1, -0.05) is 11.2 Å². The van der Waals surface area contributed by atoms with E-state index < -0.39 is 0 Å². The van der Waals surface area contributed by atoms with Gasteiger partial charge in [-0.05, 0) is 63.5 Å². The number of fused-ring (bicyclic) bond motifs is 1. The van der Waals surface area contributed by atoms with Crippen LogP contribution in [-0.2, 0) is 0 Å². The molecule has 0 aromatic heterocycles. The van der Waals surface area contributed by atoms with Crippen molar-refractivity contribution in [2.24, 2.45) is 5.16 Å². The molecule has 0 saturated heterocycles. The lowest BCUT2D eigenvalue weighted by Crippen LogP contribution is -2.45. The van der Waals surface area contributed by atoms with Gasteiger partial charge in [0, 0.05) is 17.8 Å². The third-order valence-electron chi connectivity index (χ3n) is 3.88. The van der Waals surface area contributed by atoms with Gasteiger partial charge in [-0.15, -0.1) is 0 Å². The first-order valence-corrected chi connectivity index (χ1v) is 6.70. The summed E-state index contributed by atoms with van der Waals surface area (Å²) in [6.07, 6.45) is 3.80. The van der Waals surface area contributed by atoms with Crippen molar-refractivity contribution in [1.82, 2.24) is 0 Å². The highest BCUT2D eigenvalue weighted by Crippen LogP contribution is 2.39. The minimum absolute atomic E-state index is 0.0326. The van der Waals surface area contributed by atoms with Crippen LogP contribution in [0.25, 0.3) is 5.57 Å². The molecule has 1 N–H and O–H groups in total. The normalized spacial score (nSPS) is 17.5. The molecular formula is C16H22N2O. The van der Waals surface area contributed by atoms with Crippen LogP contribution in [0.15, 0.2) is 23.4 Å². The Balaban J connectivity index is 2.67. The average molecular weight is 258 g/mol. The maximum absolute atomic E-state index is 8.74. The second kappa shape index (κ2) is 4.72. The molecule has 0 amide bonds. The first-order chi connectivity index (χ1) is 8.90. The molecule has 1 aromatic carbocycles. The first-order valence-electron chi connectivity index (χ1n) is 6.70. The van der Waals surface area contributed by atoms with E-state index in [0.29, 0.717) is 0 Å². The van der Waals surface area contributed by atoms with E-state index in [1.54, 1.807) is 0 Å². The van der Waals surface area contributed by atoms with Crippen LogP contribution in [0.1, 0.15) is 44.4 Å². The molecule has 1 aliphatic heterocycles. The number of likely N-dealkylation sites (N-methyl/N-ethyl adjacent to an activating group) is 1. The van der Waals surface area contributed by atoms with Crippen molar-refractivity contribution in [3.8, 4) is 0 Å². The van der Waals surface area contributed by atoms with E-state index in [1.807, 2.05) is 6.92 Å². The van der Waals surface area contributed by atoms with Crippen molar-refractivity contribution in [3.05, 3.63) is 34.9 Å². The molecule has 0 radical (unpaired) electrons. The number of aryl methyl sites for hydroxylation is 1. The zero-order chi connectivity index (χ0) is 14.2. The fourth-order valence-electron chi connectivity index (χ4n) is 3.02. The molecule has 1 aromatic rings. The quantitative estimate of drug-likeness (QED) is 0.497. The molecule has 0 fully saturated rings. The molecule has 2 rings (SSSR count). The Bertz CT molecular complexity index is 556. The van der Waals surface area contributed by atoms with Crippen LogP contribution in [0.3, 0.4) is 0 Å². The summed E-state index contributed by atoms with van der Waals surface area (Å²) in [4.78, 5) is 2.40. The van der Waals surface area contributed by atoms with Crippen LogP contribution in [0.4, 0.5) is 5.69 Å². The van der Waals surface area contributed by atoms with Crippen molar-refractivity contribution < 1.29 is 5.21 Å². The maximum atomic E-state index is 8.74. The van der Waals surface area contributed by atoms with Gasteiger partial charge >= 0.3 is 0 Å². The number of hydrogen-bond donors (Lipinski definition) is 1. The summed E-state index contributed by atoms with van der Waals surface area (Å²) < 4.78 is 0. The molecule has 1 aliphatic rings. The van der Waals surface area contributed by atoms with Gasteiger partial charge in [-0.25, -0.2) is 0 Å². The summed E-state index contributed by atoms with van der Waals surface area (Å²) in [5, 5.41) is 11.9. The van der Waals surface area contributed by atoms with Crippen molar-refractivity contribution in [1.29, 1.82) is 0 Å². The summed E-state index contributed by atoms with van der Waals surface area (Å²) in [7, 11) is 0. The molecule has 3 nitrogen and oxygen atoms in total. The largest absolute Gasteiger partial charge is 0.411 e. The number of oxime groups is 1. The predicted molar refractivity (Wildman–Crippen MR) is 81.3 cm³/mol. The smallest absolute Gasteiger partial charge is 0.0736 e. The molecule has 19 heavy (non-hydrogen) atoms. The zero-order valence-corrected chi connectivity index (χ0v) is 12.4. The first kappa shape index (κ1) is 13.7. The Kier molecular flexibility index (Phi) is 3.40. The maximum Gasteiger partial charge on any atom is 0.0736 e. The van der Waals surface area contributed by atoms with Crippen LogP contribution in [-0.4, -0.2) is 23.5 Å². The van der Waals surface area contributed by atoms with Gasteiger partial charge in [-0.2, -0.15) is 0 Å². The highest BCUT2D eigenvalue weighted by molar-refractivity contribution is 5.89. The Labute approximate surface area is 115 Å². The van der Waals surface area contributed by atoms with Crippen LogP contribution < -0.4 is 4.90 Å². The number of nitrogens with zero attached hydrogens (tertiary/aromatic N) is 2. The average Bonchev–Trinajstić information content (AvgIpc) is 2.31. The standard InChI is InChI=1S/C16H22N2O/c1-6-18-15-7-11(2)13(10-17-19)8-14(15)12(3)9-16(18,4)5/h7-10,19H,6H2,1-5H3/b17-10+. The summed E-state index contributed by atoms with van der Waals surface area (Å²) >= 11 is 0. The summed E-state index contributed by atoms with van der Waals surface area (Å²) in [6.45, 7) is 11.8. The van der Waals surface area contributed by atoms with Gasteiger partial charge in [0.1, 0.15) is 0 Å². The Morgan fingerprint density at radius 1 is 1.32 bits per heavy atom. The molecule has 0 unspecified atom stereocenters. The molecule has 0 bridgehead atoms. The molecule has 3 heteroatoms. The Morgan fingerprint density at radius 2 is 2.00 bits per heavy atom. The molecule has 102 valence electrons. The second-order valence-electron chi connectivity index (χ2n) is 5.70. The lowest BCUT2D eigenvalue weighted by molar-refractivity contribution is 0.322. The van der Waals surface area contributed by atoms with Crippen LogP contribution in [0.5, 0.6) is 0 Å². The zero-order valence-electron chi connectivity index (χ0n) is 12.4. The highest BCUT2D eigenvalue weighted by atomic mass is 16.4. The number of anilines is 1. The minimum Gasteiger partial charge on any atom is -0.411 e. The fraction of sp³-hybridized carbons (Fsp3) is 0.438. The number of hydrogen-bond acceptors (Lipinski definition) is 3. The molecule has 0 spiro atoms. The summed E-state index contributed by atoms with van der Waals surface area (Å²) in [5.41, 5.74) is 5.88. The van der Waals surface area contributed by atoms with Gasteiger partial charge in [0.15, 0.2) is 0 Å². The topological polar surface area (TPSA) is 35.8 Å². The lowest BCUT2D eigenvalue weighted by atomic mass is 9.87. The van der Waals surface area contributed by atoms with Crippen LogP contribution in [0, 0.1) is 6.92 Å². The van der Waals surface area contributed by atoms with Gasteiger partial charge in [0.2, 0.25) is 0 Å². The highest BCUT2D eigenvalue weighted by Gasteiger charge is 2.30. The van der Waals surface area contributed by atoms with E-state index in [9.17, 15) is 0 Å². The van der Waals surface area contributed by atoms with E-state index in [-0.39, 0.29) is 5.54 Å². The fourth-order valence-corrected chi connectivity index (χ4v) is 3.02. The lowest BCUT2D eigenvalue weighted by Gasteiger charge is -2.43. The van der Waals surface area contributed by atoms with Gasteiger partial charge in [0.05, 0.1) is 11.8 Å². The van der Waals surface area contributed by atoms with E-state index >= 15 is 0 Å². The van der Waals surface area contributed by atoms with E-state index in [2.05, 4.69) is 56.0 Å². The number of allylic oxidation sites excluding steroid dienone is 1. The minimum atomic E-state index is 0.0326. The van der Waals surface area contributed by atoms with Gasteiger partial charge in [-0.3, -0.25) is 0 Å². The molecule has 0 atom stereocenters. The SMILES string of the molecule is CCN1c2cc(C)c(/C=N/O)cc2C(C)=CC1(C)C. The van der Waals surface area contributed by atoms with Crippen molar-refractivity contribution >= 4 is 17.5 Å². The van der Waals surface area contributed by atoms with Crippen LogP contribution >= 0.6 is 0 Å². The molecule has 0 saturated carbocycles. The van der Waals surface area contributed by atoms with Crippen molar-refractivity contribution in [3.63, 3.8) is 0 Å². The third kappa shape index (κ3) is 2.25. The molecule has 1 heterocycles. The van der Waals surface area contributed by atoms with Crippen molar-refractivity contribution in [2.75, 3.05) is 11.4 Å². The van der Waals surface area contributed by atoms with Gasteiger partial charge < -0.3 is 10.1 Å². The number of benzene rings is 1. The van der Waals surface area contributed by atoms with Gasteiger partial charge in [0.25, 0.3) is 0 Å². The Morgan fingerprint density at radius 3 is 2.58 bits per heavy atom. The predicted octanol–water partition coefficient (Wildman–Crippen LogP) is 3.82. The Hall–Kier alpha value is -1.77. The number of rotatable bonds is 2.